The molecule has 0 saturated heterocycles. The molecule has 0 fully saturated rings. The molecule has 78 valence electrons. The number of oxazole rings is 1. The molecule has 0 aliphatic heterocycles. The number of pyridine rings is 1. The van der Waals surface area contributed by atoms with E-state index in [9.17, 15) is 0 Å². The minimum Gasteiger partial charge on any atom is -0.418 e. The van der Waals surface area contributed by atoms with Crippen molar-refractivity contribution in [1.82, 2.24) is 9.97 Å². The summed E-state index contributed by atoms with van der Waals surface area (Å²) in [5, 5.41) is 0. The standard InChI is InChI=1S/C13H10N2O/c1-9-7-8-11-13(14-9)16-12(15-11)10-5-3-2-4-6-10/h2-8H,1H3. The van der Waals surface area contributed by atoms with Gasteiger partial charge in [0.15, 0.2) is 0 Å². The van der Waals surface area contributed by atoms with Gasteiger partial charge in [-0.25, -0.2) is 9.97 Å². The van der Waals surface area contributed by atoms with Crippen LogP contribution in [-0.2, 0) is 0 Å². The van der Waals surface area contributed by atoms with Crippen LogP contribution in [0, 0.1) is 6.92 Å². The topological polar surface area (TPSA) is 38.9 Å². The van der Waals surface area contributed by atoms with E-state index in [0.717, 1.165) is 16.8 Å². The molecular formula is C13H10N2O. The van der Waals surface area contributed by atoms with Crippen molar-refractivity contribution in [1.29, 1.82) is 0 Å². The summed E-state index contributed by atoms with van der Waals surface area (Å²) in [6.07, 6.45) is 0. The van der Waals surface area contributed by atoms with Crippen LogP contribution in [0.4, 0.5) is 0 Å². The Hall–Kier alpha value is -2.16. The van der Waals surface area contributed by atoms with Gasteiger partial charge in [-0.05, 0) is 31.2 Å². The van der Waals surface area contributed by atoms with Crippen LogP contribution in [0.2, 0.25) is 0 Å². The number of hydrogen-bond donors (Lipinski definition) is 0. The fourth-order valence-corrected chi connectivity index (χ4v) is 1.61. The Kier molecular flexibility index (Phi) is 1.96. The number of fused-ring (bicyclic) bond motifs is 1. The van der Waals surface area contributed by atoms with Crippen LogP contribution in [0.5, 0.6) is 0 Å². The van der Waals surface area contributed by atoms with Crippen molar-refractivity contribution in [3.8, 4) is 11.5 Å². The second kappa shape index (κ2) is 3.45. The van der Waals surface area contributed by atoms with E-state index in [0.29, 0.717) is 11.6 Å². The quantitative estimate of drug-likeness (QED) is 0.619. The summed E-state index contributed by atoms with van der Waals surface area (Å²) >= 11 is 0. The lowest BCUT2D eigenvalue weighted by Crippen LogP contribution is -1.78. The van der Waals surface area contributed by atoms with Gasteiger partial charge in [-0.15, -0.1) is 0 Å². The molecule has 3 heteroatoms. The summed E-state index contributed by atoms with van der Waals surface area (Å²) < 4.78 is 5.61. The minimum atomic E-state index is 0.596. The SMILES string of the molecule is Cc1ccc2nc(-c3ccccc3)oc2n1. The largest absolute Gasteiger partial charge is 0.418 e. The second-order valence-corrected chi connectivity index (χ2v) is 3.66. The van der Waals surface area contributed by atoms with Gasteiger partial charge in [0.1, 0.15) is 5.52 Å². The first-order valence-electron chi connectivity index (χ1n) is 5.12. The van der Waals surface area contributed by atoms with Crippen LogP contribution in [0.1, 0.15) is 5.69 Å². The molecule has 2 heterocycles. The lowest BCUT2D eigenvalue weighted by Gasteiger charge is -1.91. The Labute approximate surface area is 92.8 Å². The van der Waals surface area contributed by atoms with E-state index in [4.69, 9.17) is 4.42 Å². The predicted molar refractivity (Wildman–Crippen MR) is 62.0 cm³/mol. The predicted octanol–water partition coefficient (Wildman–Crippen LogP) is 3.20. The van der Waals surface area contributed by atoms with E-state index in [2.05, 4.69) is 9.97 Å². The lowest BCUT2D eigenvalue weighted by atomic mass is 10.2. The van der Waals surface area contributed by atoms with Crippen molar-refractivity contribution < 1.29 is 4.42 Å². The van der Waals surface area contributed by atoms with Crippen molar-refractivity contribution in [2.24, 2.45) is 0 Å². The van der Waals surface area contributed by atoms with Crippen molar-refractivity contribution in [2.45, 2.75) is 6.92 Å². The van der Waals surface area contributed by atoms with Gasteiger partial charge >= 0.3 is 0 Å². The Balaban J connectivity index is 2.19. The molecule has 0 N–H and O–H groups in total. The highest BCUT2D eigenvalue weighted by atomic mass is 16.4. The summed E-state index contributed by atoms with van der Waals surface area (Å²) in [6.45, 7) is 1.93. The van der Waals surface area contributed by atoms with Gasteiger partial charge in [0.05, 0.1) is 0 Å². The first-order valence-corrected chi connectivity index (χ1v) is 5.12. The third-order valence-corrected chi connectivity index (χ3v) is 2.42. The molecule has 0 atom stereocenters. The maximum atomic E-state index is 5.61. The maximum absolute atomic E-state index is 5.61. The van der Waals surface area contributed by atoms with Crippen LogP contribution >= 0.6 is 0 Å². The first kappa shape index (κ1) is 9.09. The number of aromatic nitrogens is 2. The number of nitrogens with zero attached hydrogens (tertiary/aromatic N) is 2. The van der Waals surface area contributed by atoms with Crippen LogP contribution in [0.25, 0.3) is 22.7 Å². The van der Waals surface area contributed by atoms with Gasteiger partial charge in [-0.2, -0.15) is 0 Å². The maximum Gasteiger partial charge on any atom is 0.247 e. The van der Waals surface area contributed by atoms with E-state index in [1.807, 2.05) is 49.4 Å². The smallest absolute Gasteiger partial charge is 0.247 e. The molecule has 0 amide bonds. The summed E-state index contributed by atoms with van der Waals surface area (Å²) in [7, 11) is 0. The highest BCUT2D eigenvalue weighted by molar-refractivity contribution is 5.72. The van der Waals surface area contributed by atoms with Crippen molar-refractivity contribution in [3.05, 3.63) is 48.2 Å². The zero-order chi connectivity index (χ0) is 11.0. The van der Waals surface area contributed by atoms with E-state index in [1.54, 1.807) is 0 Å². The molecule has 3 rings (SSSR count). The molecule has 16 heavy (non-hydrogen) atoms. The molecule has 0 bridgehead atoms. The zero-order valence-corrected chi connectivity index (χ0v) is 8.84. The van der Waals surface area contributed by atoms with E-state index >= 15 is 0 Å². The van der Waals surface area contributed by atoms with E-state index in [-0.39, 0.29) is 0 Å². The molecule has 0 spiro atoms. The Morgan fingerprint density at radius 1 is 0.938 bits per heavy atom. The normalized spacial score (nSPS) is 10.8. The Morgan fingerprint density at radius 3 is 2.56 bits per heavy atom. The molecular weight excluding hydrogens is 200 g/mol. The fraction of sp³-hybridized carbons (Fsp3) is 0.0769. The minimum absolute atomic E-state index is 0.596. The molecule has 0 aliphatic carbocycles. The summed E-state index contributed by atoms with van der Waals surface area (Å²) in [6, 6.07) is 13.7. The van der Waals surface area contributed by atoms with Gasteiger partial charge in [-0.3, -0.25) is 0 Å². The highest BCUT2D eigenvalue weighted by Crippen LogP contribution is 2.22. The molecule has 0 aliphatic rings. The molecule has 0 saturated carbocycles. The van der Waals surface area contributed by atoms with Gasteiger partial charge in [0.25, 0.3) is 0 Å². The third-order valence-electron chi connectivity index (χ3n) is 2.42. The average Bonchev–Trinajstić information content (AvgIpc) is 2.73. The van der Waals surface area contributed by atoms with E-state index < -0.39 is 0 Å². The number of hydrogen-bond acceptors (Lipinski definition) is 3. The Morgan fingerprint density at radius 2 is 1.75 bits per heavy atom. The van der Waals surface area contributed by atoms with Gasteiger partial charge < -0.3 is 4.42 Å². The van der Waals surface area contributed by atoms with Crippen molar-refractivity contribution in [3.63, 3.8) is 0 Å². The molecule has 3 nitrogen and oxygen atoms in total. The molecule has 1 aromatic carbocycles. The van der Waals surface area contributed by atoms with Crippen LogP contribution in [0.3, 0.4) is 0 Å². The summed E-state index contributed by atoms with van der Waals surface area (Å²) in [5.41, 5.74) is 3.30. The molecule has 0 radical (unpaired) electrons. The molecule has 0 unspecified atom stereocenters. The third kappa shape index (κ3) is 1.46. The average molecular weight is 210 g/mol. The summed E-state index contributed by atoms with van der Waals surface area (Å²) in [4.78, 5) is 8.69. The van der Waals surface area contributed by atoms with Gasteiger partial charge in [0.2, 0.25) is 11.6 Å². The zero-order valence-electron chi connectivity index (χ0n) is 8.84. The lowest BCUT2D eigenvalue weighted by molar-refractivity contribution is 0.607. The highest BCUT2D eigenvalue weighted by Gasteiger charge is 2.08. The molecule has 2 aromatic heterocycles. The Bertz CT molecular complexity index is 629. The van der Waals surface area contributed by atoms with Crippen LogP contribution < -0.4 is 0 Å². The van der Waals surface area contributed by atoms with Crippen molar-refractivity contribution >= 4 is 11.2 Å². The first-order chi connectivity index (χ1) is 7.83. The van der Waals surface area contributed by atoms with Crippen LogP contribution in [-0.4, -0.2) is 9.97 Å². The number of rotatable bonds is 1. The van der Waals surface area contributed by atoms with Gasteiger partial charge in [0, 0.05) is 11.3 Å². The van der Waals surface area contributed by atoms with E-state index in [1.165, 1.54) is 0 Å². The molecule has 3 aromatic rings. The van der Waals surface area contributed by atoms with Gasteiger partial charge in [-0.1, -0.05) is 18.2 Å². The number of benzene rings is 1. The van der Waals surface area contributed by atoms with Crippen molar-refractivity contribution in [2.75, 3.05) is 0 Å². The van der Waals surface area contributed by atoms with Crippen LogP contribution in [0.15, 0.2) is 46.9 Å². The monoisotopic (exact) mass is 210 g/mol. The fourth-order valence-electron chi connectivity index (χ4n) is 1.61. The summed E-state index contributed by atoms with van der Waals surface area (Å²) in [5.74, 6) is 0.619. The number of aryl methyl sites for hydroxylation is 1. The second-order valence-electron chi connectivity index (χ2n) is 3.66.